The third kappa shape index (κ3) is 6.37. The number of aliphatic hydroxyl groups is 1. The normalized spacial score (nSPS) is 18.9. The number of pyridine rings is 1. The van der Waals surface area contributed by atoms with Crippen LogP contribution in [0.2, 0.25) is 0 Å². The Morgan fingerprint density at radius 1 is 1.39 bits per heavy atom. The lowest BCUT2D eigenvalue weighted by atomic mass is 10.0. The van der Waals surface area contributed by atoms with Gasteiger partial charge in [0.15, 0.2) is 5.69 Å². The first-order valence-corrected chi connectivity index (χ1v) is 11.0. The van der Waals surface area contributed by atoms with Crippen molar-refractivity contribution in [3.8, 4) is 0 Å². The maximum Gasteiger partial charge on any atom is 0.274 e. The Labute approximate surface area is 196 Å². The highest BCUT2D eigenvalue weighted by Crippen LogP contribution is 2.17. The number of anilines is 1. The Bertz CT molecular complexity index is 1050. The van der Waals surface area contributed by atoms with E-state index in [2.05, 4.69) is 31.0 Å². The lowest BCUT2D eigenvalue weighted by Crippen LogP contribution is -2.52. The lowest BCUT2D eigenvalue weighted by molar-refractivity contribution is 0.0761. The van der Waals surface area contributed by atoms with Gasteiger partial charge in [-0.3, -0.25) is 19.3 Å². The van der Waals surface area contributed by atoms with Crippen LogP contribution in [0.25, 0.3) is 5.57 Å². The van der Waals surface area contributed by atoms with Crippen LogP contribution in [-0.4, -0.2) is 75.6 Å². The van der Waals surface area contributed by atoms with E-state index in [0.717, 1.165) is 0 Å². The number of hydrogen-bond acceptors (Lipinski definition) is 8. The van der Waals surface area contributed by atoms with Gasteiger partial charge in [0.1, 0.15) is 5.69 Å². The van der Waals surface area contributed by atoms with Crippen LogP contribution in [0.4, 0.5) is 5.69 Å². The fraction of sp³-hybridized carbons (Fsp3) is 0.381. The zero-order valence-corrected chi connectivity index (χ0v) is 18.9. The summed E-state index contributed by atoms with van der Waals surface area (Å²) in [6.07, 6.45) is 4.31. The summed E-state index contributed by atoms with van der Waals surface area (Å²) in [7, 11) is 1.64. The van der Waals surface area contributed by atoms with Crippen molar-refractivity contribution >= 4 is 40.9 Å². The molecule has 12 heteroatoms. The molecule has 0 bridgehead atoms. The Balaban J connectivity index is 1.75. The summed E-state index contributed by atoms with van der Waals surface area (Å²) in [6.45, 7) is 1.51. The van der Waals surface area contributed by atoms with Gasteiger partial charge in [-0.15, -0.1) is 11.6 Å². The van der Waals surface area contributed by atoms with Crippen molar-refractivity contribution in [2.24, 2.45) is 17.8 Å². The Morgan fingerprint density at radius 2 is 2.18 bits per heavy atom. The zero-order valence-electron chi connectivity index (χ0n) is 18.2. The quantitative estimate of drug-likeness (QED) is 0.268. The maximum atomic E-state index is 12.9. The number of nitrogens with one attached hydrogen (secondary N) is 3. The second kappa shape index (κ2) is 11.5. The van der Waals surface area contributed by atoms with Crippen molar-refractivity contribution in [2.75, 3.05) is 30.8 Å². The van der Waals surface area contributed by atoms with Gasteiger partial charge in [-0.1, -0.05) is 6.07 Å². The van der Waals surface area contributed by atoms with Gasteiger partial charge in [0, 0.05) is 43.7 Å². The van der Waals surface area contributed by atoms with E-state index < -0.39 is 24.0 Å². The number of halogens is 1. The van der Waals surface area contributed by atoms with E-state index in [-0.39, 0.29) is 17.1 Å². The molecular formula is C21H27ClN8O3. The highest BCUT2D eigenvalue weighted by Gasteiger charge is 2.27. The number of rotatable bonds is 8. The summed E-state index contributed by atoms with van der Waals surface area (Å²) in [5, 5.41) is 22.8. The average Bonchev–Trinajstić information content (AvgIpc) is 3.18. The van der Waals surface area contributed by atoms with E-state index in [9.17, 15) is 14.7 Å². The molecule has 2 amide bonds. The zero-order chi connectivity index (χ0) is 23.8. The Kier molecular flexibility index (Phi) is 8.52. The van der Waals surface area contributed by atoms with Gasteiger partial charge in [-0.25, -0.2) is 4.98 Å². The number of amides is 2. The van der Waals surface area contributed by atoms with Crippen LogP contribution in [0.3, 0.4) is 0 Å². The monoisotopic (exact) mass is 474 g/mol. The van der Waals surface area contributed by atoms with Crippen molar-refractivity contribution in [2.45, 2.75) is 18.6 Å². The summed E-state index contributed by atoms with van der Waals surface area (Å²) in [5.74, 6) is -0.626. The van der Waals surface area contributed by atoms with Gasteiger partial charge in [-0.05, 0) is 25.1 Å². The SMILES string of the molecule is Cn1cc(NC(=O)c2cccc(C(C=NCCCl)=CN)n2)c(C(=O)NC2CCNCC2O)n1. The fourth-order valence-corrected chi connectivity index (χ4v) is 3.41. The van der Waals surface area contributed by atoms with Crippen LogP contribution in [-0.2, 0) is 7.05 Å². The smallest absolute Gasteiger partial charge is 0.274 e. The molecule has 0 radical (unpaired) electrons. The largest absolute Gasteiger partial charge is 0.404 e. The number of alkyl halides is 1. The molecule has 1 aliphatic heterocycles. The van der Waals surface area contributed by atoms with E-state index in [4.69, 9.17) is 17.3 Å². The van der Waals surface area contributed by atoms with Crippen molar-refractivity contribution in [1.29, 1.82) is 0 Å². The molecule has 2 atom stereocenters. The third-order valence-electron chi connectivity index (χ3n) is 4.96. The highest BCUT2D eigenvalue weighted by molar-refractivity contribution is 6.18. The van der Waals surface area contributed by atoms with Crippen LogP contribution < -0.4 is 21.7 Å². The summed E-state index contributed by atoms with van der Waals surface area (Å²) < 4.78 is 1.43. The van der Waals surface area contributed by atoms with Crippen LogP contribution >= 0.6 is 11.6 Å². The number of nitrogens with two attached hydrogens (primary N) is 1. The van der Waals surface area contributed by atoms with Crippen molar-refractivity contribution in [3.05, 3.63) is 47.7 Å². The Hall–Kier alpha value is -3.28. The number of β-amino-alcohol motifs (C(OH)–C–C–N with tert-alkyl or cyclic N) is 1. The van der Waals surface area contributed by atoms with Crippen molar-refractivity contribution in [3.63, 3.8) is 0 Å². The molecule has 2 aromatic heterocycles. The predicted molar refractivity (Wildman–Crippen MR) is 126 cm³/mol. The van der Waals surface area contributed by atoms with E-state index >= 15 is 0 Å². The summed E-state index contributed by atoms with van der Waals surface area (Å²) >= 11 is 5.63. The van der Waals surface area contributed by atoms with Gasteiger partial charge in [0.2, 0.25) is 0 Å². The first kappa shape index (κ1) is 24.4. The first-order valence-electron chi connectivity index (χ1n) is 10.4. The van der Waals surface area contributed by atoms with E-state index in [0.29, 0.717) is 43.2 Å². The standard InChI is InChI=1S/C21H27ClN8O3/c1-30-12-17(19(29-30)21(33)27-15-5-7-24-11-18(15)31)28-20(32)16-4-2-3-14(26-16)13(9-23)10-25-8-6-22/h2-4,9-10,12,15,18,24,31H,5-8,11,23H2,1H3,(H,27,33)(H,28,32). The fourth-order valence-electron chi connectivity index (χ4n) is 3.31. The minimum Gasteiger partial charge on any atom is -0.404 e. The van der Waals surface area contributed by atoms with Crippen LogP contribution in [0.1, 0.15) is 33.1 Å². The van der Waals surface area contributed by atoms with Crippen LogP contribution in [0.5, 0.6) is 0 Å². The molecular weight excluding hydrogens is 448 g/mol. The molecule has 11 nitrogen and oxygen atoms in total. The first-order chi connectivity index (χ1) is 15.9. The lowest BCUT2D eigenvalue weighted by Gasteiger charge is -2.28. The second-order valence-electron chi connectivity index (χ2n) is 7.41. The second-order valence-corrected chi connectivity index (χ2v) is 7.79. The van der Waals surface area contributed by atoms with Gasteiger partial charge >= 0.3 is 0 Å². The molecule has 0 aliphatic carbocycles. The van der Waals surface area contributed by atoms with Gasteiger partial charge < -0.3 is 26.8 Å². The number of aliphatic imine (C=N–C) groups is 1. The molecule has 1 aliphatic rings. The van der Waals surface area contributed by atoms with Gasteiger partial charge in [-0.2, -0.15) is 5.10 Å². The van der Waals surface area contributed by atoms with Gasteiger partial charge in [0.25, 0.3) is 11.8 Å². The highest BCUT2D eigenvalue weighted by atomic mass is 35.5. The molecule has 3 heterocycles. The molecule has 1 fully saturated rings. The van der Waals surface area contributed by atoms with E-state index in [1.54, 1.807) is 31.5 Å². The molecule has 2 unspecified atom stereocenters. The molecule has 0 aromatic carbocycles. The number of carbonyl (C=O) groups is 2. The summed E-state index contributed by atoms with van der Waals surface area (Å²) in [6, 6.07) is 4.52. The topological polar surface area (TPSA) is 160 Å². The van der Waals surface area contributed by atoms with E-state index in [1.807, 2.05) is 0 Å². The van der Waals surface area contributed by atoms with Crippen LogP contribution in [0, 0.1) is 0 Å². The molecule has 2 aromatic rings. The number of carbonyl (C=O) groups excluding carboxylic acids is 2. The summed E-state index contributed by atoms with van der Waals surface area (Å²) in [5.41, 5.74) is 7.08. The number of nitrogens with zero attached hydrogens (tertiary/aromatic N) is 4. The minimum atomic E-state index is -0.700. The molecule has 0 saturated carbocycles. The van der Waals surface area contributed by atoms with Crippen molar-refractivity contribution < 1.29 is 14.7 Å². The molecule has 176 valence electrons. The predicted octanol–water partition coefficient (Wildman–Crippen LogP) is 0.129. The van der Waals surface area contributed by atoms with Crippen molar-refractivity contribution in [1.82, 2.24) is 25.4 Å². The number of allylic oxidation sites excluding steroid dienone is 1. The molecule has 3 rings (SSSR count). The number of aliphatic hydroxyl groups excluding tert-OH is 1. The average molecular weight is 475 g/mol. The number of piperidine rings is 1. The number of hydrogen-bond donors (Lipinski definition) is 5. The minimum absolute atomic E-state index is 0.0449. The molecule has 33 heavy (non-hydrogen) atoms. The van der Waals surface area contributed by atoms with Gasteiger partial charge in [0.05, 0.1) is 30.1 Å². The molecule has 6 N–H and O–H groups in total. The molecule has 1 saturated heterocycles. The molecule has 0 spiro atoms. The number of aromatic nitrogens is 3. The van der Waals surface area contributed by atoms with Crippen LogP contribution in [0.15, 0.2) is 35.6 Å². The maximum absolute atomic E-state index is 12.9. The summed E-state index contributed by atoms with van der Waals surface area (Å²) in [4.78, 5) is 34.2. The van der Waals surface area contributed by atoms with E-state index in [1.165, 1.54) is 17.1 Å². The number of aryl methyl sites for hydroxylation is 1. The third-order valence-corrected chi connectivity index (χ3v) is 5.13. The Morgan fingerprint density at radius 3 is 2.91 bits per heavy atom.